The van der Waals surface area contributed by atoms with Gasteiger partial charge in [-0.15, -0.1) is 0 Å². The Balaban J connectivity index is 2.17. The molecule has 1 heterocycles. The second-order valence-corrected chi connectivity index (χ2v) is 6.23. The predicted molar refractivity (Wildman–Crippen MR) is 85.5 cm³/mol. The summed E-state index contributed by atoms with van der Waals surface area (Å²) in [6, 6.07) is 17.2. The lowest BCUT2D eigenvalue weighted by molar-refractivity contribution is 1.16. The molecule has 1 aromatic heterocycles. The molecule has 0 aliphatic rings. The van der Waals surface area contributed by atoms with Crippen LogP contribution in [0, 0.1) is 4.78 Å². The van der Waals surface area contributed by atoms with Crippen molar-refractivity contribution in [2.75, 3.05) is 0 Å². The predicted octanol–water partition coefficient (Wildman–Crippen LogP) is 4.60. The Morgan fingerprint density at radius 2 is 1.76 bits per heavy atom. The van der Waals surface area contributed by atoms with Gasteiger partial charge >= 0.3 is 0 Å². The van der Waals surface area contributed by atoms with Gasteiger partial charge in [-0.1, -0.05) is 41.9 Å². The van der Waals surface area contributed by atoms with Crippen molar-refractivity contribution < 1.29 is 0 Å². The normalized spacial score (nSPS) is 12.0. The van der Waals surface area contributed by atoms with Crippen molar-refractivity contribution in [2.45, 2.75) is 9.79 Å². The van der Waals surface area contributed by atoms with E-state index >= 15 is 0 Å². The summed E-state index contributed by atoms with van der Waals surface area (Å²) in [5, 5.41) is 0.591. The highest BCUT2D eigenvalue weighted by molar-refractivity contribution is 7.86. The van der Waals surface area contributed by atoms with E-state index in [0.717, 1.165) is 21.0 Å². The first-order valence-corrected chi connectivity index (χ1v) is 7.93. The molecule has 0 bridgehead atoms. The van der Waals surface area contributed by atoms with Crippen molar-refractivity contribution in [1.82, 2.24) is 9.97 Å². The number of hydrogen-bond donors (Lipinski definition) is 1. The van der Waals surface area contributed by atoms with Gasteiger partial charge in [-0.3, -0.25) is 4.78 Å². The van der Waals surface area contributed by atoms with E-state index in [0.29, 0.717) is 5.02 Å². The van der Waals surface area contributed by atoms with E-state index in [1.807, 2.05) is 54.6 Å². The zero-order valence-corrected chi connectivity index (χ0v) is 12.6. The Kier molecular flexibility index (Phi) is 4.08. The topological polar surface area (TPSA) is 49.6 Å². The molecular weight excluding hydrogens is 302 g/mol. The van der Waals surface area contributed by atoms with E-state index in [4.69, 9.17) is 16.4 Å². The first kappa shape index (κ1) is 13.9. The molecule has 0 aliphatic heterocycles. The van der Waals surface area contributed by atoms with Crippen LogP contribution in [0.1, 0.15) is 0 Å². The van der Waals surface area contributed by atoms with Crippen LogP contribution >= 0.6 is 11.6 Å². The maximum Gasteiger partial charge on any atom is 0.116 e. The van der Waals surface area contributed by atoms with Crippen LogP contribution in [-0.4, -0.2) is 9.97 Å². The van der Waals surface area contributed by atoms with Crippen LogP contribution in [-0.2, 0) is 10.7 Å². The number of nitrogens with one attached hydrogen (secondary N) is 1. The third-order valence-corrected chi connectivity index (χ3v) is 5.03. The number of aromatic nitrogens is 2. The number of nitrogens with zero attached hydrogens (tertiary/aromatic N) is 2. The molecular formula is C16H12ClN3S. The molecule has 3 rings (SSSR count). The van der Waals surface area contributed by atoms with Crippen LogP contribution in [0.4, 0.5) is 0 Å². The molecule has 0 saturated carbocycles. The SMILES string of the molecule is N=S(c1ccccc1)c1c(Cl)cccc1-c1ccncn1. The van der Waals surface area contributed by atoms with Gasteiger partial charge in [0.25, 0.3) is 0 Å². The largest absolute Gasteiger partial charge is 0.271 e. The van der Waals surface area contributed by atoms with Gasteiger partial charge in [0.1, 0.15) is 6.33 Å². The monoisotopic (exact) mass is 313 g/mol. The van der Waals surface area contributed by atoms with Crippen LogP contribution < -0.4 is 0 Å². The van der Waals surface area contributed by atoms with Gasteiger partial charge in [0, 0.05) is 16.7 Å². The molecule has 0 saturated heterocycles. The van der Waals surface area contributed by atoms with Crippen molar-refractivity contribution in [3.05, 3.63) is 72.1 Å². The molecule has 0 radical (unpaired) electrons. The molecule has 104 valence electrons. The molecule has 3 nitrogen and oxygen atoms in total. The summed E-state index contributed by atoms with van der Waals surface area (Å²) < 4.78 is 8.58. The van der Waals surface area contributed by atoms with Gasteiger partial charge in [-0.2, -0.15) is 0 Å². The van der Waals surface area contributed by atoms with Crippen LogP contribution in [0.5, 0.6) is 0 Å². The van der Waals surface area contributed by atoms with Crippen molar-refractivity contribution >= 4 is 22.3 Å². The first-order valence-electron chi connectivity index (χ1n) is 6.33. The summed E-state index contributed by atoms with van der Waals surface area (Å²) in [4.78, 5) is 9.94. The average Bonchev–Trinajstić information content (AvgIpc) is 2.55. The quantitative estimate of drug-likeness (QED) is 0.768. The fourth-order valence-electron chi connectivity index (χ4n) is 2.04. The highest BCUT2D eigenvalue weighted by Crippen LogP contribution is 2.33. The smallest absolute Gasteiger partial charge is 0.116 e. The molecule has 0 amide bonds. The van der Waals surface area contributed by atoms with E-state index in [-0.39, 0.29) is 0 Å². The van der Waals surface area contributed by atoms with Crippen LogP contribution in [0.2, 0.25) is 5.02 Å². The molecule has 2 aromatic carbocycles. The summed E-state index contributed by atoms with van der Waals surface area (Å²) in [6.07, 6.45) is 3.20. The maximum atomic E-state index is 8.58. The Hall–Kier alpha value is -2.04. The molecule has 3 aromatic rings. The number of hydrogen-bond acceptors (Lipinski definition) is 3. The van der Waals surface area contributed by atoms with E-state index in [9.17, 15) is 0 Å². The summed E-state index contributed by atoms with van der Waals surface area (Å²) in [5.74, 6) is 0. The minimum atomic E-state index is -0.863. The molecule has 0 aliphatic carbocycles. The van der Waals surface area contributed by atoms with Crippen molar-refractivity contribution in [1.29, 1.82) is 4.78 Å². The maximum absolute atomic E-state index is 8.58. The molecule has 1 unspecified atom stereocenters. The first-order chi connectivity index (χ1) is 10.3. The number of benzene rings is 2. The van der Waals surface area contributed by atoms with Gasteiger partial charge < -0.3 is 0 Å². The Labute approximate surface area is 130 Å². The zero-order chi connectivity index (χ0) is 14.7. The Morgan fingerprint density at radius 1 is 0.952 bits per heavy atom. The third-order valence-electron chi connectivity index (χ3n) is 3.01. The van der Waals surface area contributed by atoms with E-state index in [2.05, 4.69) is 9.97 Å². The van der Waals surface area contributed by atoms with Gasteiger partial charge in [-0.05, 0) is 35.0 Å². The highest BCUT2D eigenvalue weighted by atomic mass is 35.5. The summed E-state index contributed by atoms with van der Waals surface area (Å²) in [5.41, 5.74) is 1.66. The minimum Gasteiger partial charge on any atom is -0.271 e. The summed E-state index contributed by atoms with van der Waals surface area (Å²) in [6.45, 7) is 0. The fraction of sp³-hybridized carbons (Fsp3) is 0. The van der Waals surface area contributed by atoms with Crippen molar-refractivity contribution in [3.8, 4) is 11.3 Å². The van der Waals surface area contributed by atoms with E-state index in [1.54, 1.807) is 6.20 Å². The van der Waals surface area contributed by atoms with Crippen molar-refractivity contribution in [2.24, 2.45) is 0 Å². The molecule has 1 atom stereocenters. The fourth-order valence-corrected chi connectivity index (χ4v) is 3.77. The zero-order valence-electron chi connectivity index (χ0n) is 11.0. The Bertz CT molecular complexity index is 776. The molecule has 1 N–H and O–H groups in total. The number of halogens is 1. The van der Waals surface area contributed by atoms with E-state index < -0.39 is 10.7 Å². The average molecular weight is 314 g/mol. The second-order valence-electron chi connectivity index (χ2n) is 4.33. The van der Waals surface area contributed by atoms with Crippen molar-refractivity contribution in [3.63, 3.8) is 0 Å². The third kappa shape index (κ3) is 2.86. The van der Waals surface area contributed by atoms with Gasteiger partial charge in [-0.25, -0.2) is 9.97 Å². The second kappa shape index (κ2) is 6.16. The standard InChI is InChI=1S/C16H12ClN3S/c17-14-8-4-7-13(15-9-10-19-11-20-15)16(14)21(18)12-5-2-1-3-6-12/h1-11,18H. The van der Waals surface area contributed by atoms with Gasteiger partial charge in [0.15, 0.2) is 0 Å². The summed E-state index contributed by atoms with van der Waals surface area (Å²) in [7, 11) is -0.863. The Morgan fingerprint density at radius 3 is 2.48 bits per heavy atom. The molecule has 0 fully saturated rings. The van der Waals surface area contributed by atoms with Crippen LogP contribution in [0.25, 0.3) is 11.3 Å². The van der Waals surface area contributed by atoms with E-state index in [1.165, 1.54) is 6.33 Å². The lowest BCUT2D eigenvalue weighted by atomic mass is 10.1. The highest BCUT2D eigenvalue weighted by Gasteiger charge is 2.14. The van der Waals surface area contributed by atoms with Gasteiger partial charge in [0.2, 0.25) is 0 Å². The molecule has 5 heteroatoms. The summed E-state index contributed by atoms with van der Waals surface area (Å²) >= 11 is 6.37. The number of rotatable bonds is 3. The van der Waals surface area contributed by atoms with Crippen LogP contribution in [0.3, 0.4) is 0 Å². The lowest BCUT2D eigenvalue weighted by Gasteiger charge is -2.13. The van der Waals surface area contributed by atoms with Crippen LogP contribution in [0.15, 0.2) is 76.9 Å². The van der Waals surface area contributed by atoms with Gasteiger partial charge in [0.05, 0.1) is 15.6 Å². The molecule has 0 spiro atoms. The minimum absolute atomic E-state index is 0.591. The molecule has 21 heavy (non-hydrogen) atoms. The lowest BCUT2D eigenvalue weighted by Crippen LogP contribution is -1.97.